The molecule has 1 saturated heterocycles. The maximum atomic E-state index is 14.2. The van der Waals surface area contributed by atoms with E-state index in [1.54, 1.807) is 54.6 Å². The molecule has 0 aromatic heterocycles. The monoisotopic (exact) mass is 610 g/mol. The summed E-state index contributed by atoms with van der Waals surface area (Å²) in [6.45, 7) is 3.81. The third-order valence-corrected chi connectivity index (χ3v) is 8.22. The van der Waals surface area contributed by atoms with E-state index in [0.717, 1.165) is 11.1 Å². The number of aryl methyl sites for hydroxylation is 2. The summed E-state index contributed by atoms with van der Waals surface area (Å²) in [4.78, 5) is 20.5. The molecule has 0 unspecified atom stereocenters. The second-order valence-electron chi connectivity index (χ2n) is 9.07. The first-order valence-corrected chi connectivity index (χ1v) is 14.2. The van der Waals surface area contributed by atoms with E-state index in [1.165, 1.54) is 22.7 Å². The van der Waals surface area contributed by atoms with Crippen LogP contribution < -0.4 is 9.64 Å². The lowest BCUT2D eigenvalue weighted by Crippen LogP contribution is -2.28. The van der Waals surface area contributed by atoms with E-state index in [4.69, 9.17) is 44.5 Å². The van der Waals surface area contributed by atoms with E-state index in [9.17, 15) is 9.18 Å². The van der Waals surface area contributed by atoms with E-state index in [1.807, 2.05) is 38.1 Å². The highest BCUT2D eigenvalue weighted by molar-refractivity contribution is 8.19. The van der Waals surface area contributed by atoms with Crippen molar-refractivity contribution in [3.8, 4) is 5.75 Å². The average molecular weight is 612 g/mol. The highest BCUT2D eigenvalue weighted by Gasteiger charge is 2.35. The Labute approximate surface area is 251 Å². The highest BCUT2D eigenvalue weighted by atomic mass is 35.5. The minimum atomic E-state index is -0.359. The van der Waals surface area contributed by atoms with Crippen molar-refractivity contribution in [2.75, 3.05) is 4.90 Å². The molecule has 5 rings (SSSR count). The summed E-state index contributed by atoms with van der Waals surface area (Å²) in [7, 11) is 0. The number of ether oxygens (including phenoxy) is 1. The zero-order valence-corrected chi connectivity index (χ0v) is 24.5. The molecule has 0 saturated carbocycles. The van der Waals surface area contributed by atoms with E-state index in [0.29, 0.717) is 53.4 Å². The van der Waals surface area contributed by atoms with Crippen LogP contribution in [0.2, 0.25) is 15.1 Å². The first-order valence-electron chi connectivity index (χ1n) is 12.2. The van der Waals surface area contributed by atoms with Gasteiger partial charge in [-0.3, -0.25) is 9.69 Å². The van der Waals surface area contributed by atoms with E-state index in [-0.39, 0.29) is 18.3 Å². The van der Waals surface area contributed by atoms with Crippen LogP contribution in [-0.4, -0.2) is 11.1 Å². The first kappa shape index (κ1) is 28.2. The maximum absolute atomic E-state index is 14.2. The van der Waals surface area contributed by atoms with Gasteiger partial charge >= 0.3 is 0 Å². The van der Waals surface area contributed by atoms with Crippen LogP contribution in [0.25, 0.3) is 6.08 Å². The van der Waals surface area contributed by atoms with Gasteiger partial charge in [-0.25, -0.2) is 9.38 Å². The van der Waals surface area contributed by atoms with Crippen molar-refractivity contribution in [1.29, 1.82) is 0 Å². The van der Waals surface area contributed by atoms with Crippen LogP contribution in [0.1, 0.15) is 22.3 Å². The minimum absolute atomic E-state index is 0.0143. The zero-order chi connectivity index (χ0) is 28.4. The number of nitrogens with zero attached hydrogens (tertiary/aromatic N) is 2. The number of anilines is 1. The highest BCUT2D eigenvalue weighted by Crippen LogP contribution is 2.40. The minimum Gasteiger partial charge on any atom is -0.488 e. The zero-order valence-electron chi connectivity index (χ0n) is 21.4. The standard InChI is InChI=1S/C31H22Cl3FN2O2S/c1-18-7-10-23(15-25(18)33)36-31-37(24-11-8-19(2)26(34)16-24)30(38)29(40-31)14-21-13-22(32)9-12-28(21)39-17-20-5-3-4-6-27(20)35/h3-16H,17H2,1-2H3/b29-14+,36-31?. The Bertz CT molecular complexity index is 1690. The predicted octanol–water partition coefficient (Wildman–Crippen LogP) is 9.79. The Morgan fingerprint density at radius 2 is 1.65 bits per heavy atom. The van der Waals surface area contributed by atoms with Crippen molar-refractivity contribution in [1.82, 2.24) is 0 Å². The second kappa shape index (κ2) is 12.1. The Morgan fingerprint density at radius 3 is 2.38 bits per heavy atom. The van der Waals surface area contributed by atoms with E-state index < -0.39 is 0 Å². The van der Waals surface area contributed by atoms with Gasteiger partial charge in [0, 0.05) is 26.2 Å². The normalized spacial score (nSPS) is 15.3. The van der Waals surface area contributed by atoms with Crippen LogP contribution in [0.4, 0.5) is 15.8 Å². The number of halogens is 4. The number of hydrogen-bond donors (Lipinski definition) is 0. The summed E-state index contributed by atoms with van der Waals surface area (Å²) in [5, 5.41) is 2.01. The lowest BCUT2D eigenvalue weighted by atomic mass is 10.1. The van der Waals surface area contributed by atoms with Crippen LogP contribution in [0.15, 0.2) is 88.8 Å². The SMILES string of the molecule is Cc1ccc(N=C2S/C(=C/c3cc(Cl)ccc3OCc3ccccc3F)C(=O)N2c2ccc(C)c(Cl)c2)cc1Cl. The Balaban J connectivity index is 1.54. The van der Waals surface area contributed by atoms with E-state index in [2.05, 4.69) is 0 Å². The fourth-order valence-electron chi connectivity index (χ4n) is 3.93. The van der Waals surface area contributed by atoms with Gasteiger partial charge in [0.25, 0.3) is 5.91 Å². The van der Waals surface area contributed by atoms with Gasteiger partial charge in [-0.05, 0) is 91.3 Å². The number of rotatable bonds is 6. The third kappa shape index (κ3) is 6.21. The molecule has 0 radical (unpaired) electrons. The Kier molecular flexibility index (Phi) is 8.52. The van der Waals surface area contributed by atoms with Crippen molar-refractivity contribution < 1.29 is 13.9 Å². The third-order valence-electron chi connectivity index (χ3n) is 6.20. The predicted molar refractivity (Wildman–Crippen MR) is 165 cm³/mol. The van der Waals surface area contributed by atoms with Crippen molar-refractivity contribution in [3.05, 3.63) is 127 Å². The Hall–Kier alpha value is -3.29. The molecule has 4 nitrogen and oxygen atoms in total. The molecule has 1 fully saturated rings. The van der Waals surface area contributed by atoms with Gasteiger partial charge in [0.1, 0.15) is 18.2 Å². The number of amides is 1. The molecule has 0 bridgehead atoms. The average Bonchev–Trinajstić information content (AvgIpc) is 3.22. The lowest BCUT2D eigenvalue weighted by molar-refractivity contribution is -0.113. The molecule has 0 atom stereocenters. The fourth-order valence-corrected chi connectivity index (χ4v) is 5.46. The summed E-state index contributed by atoms with van der Waals surface area (Å²) in [5.41, 5.74) is 3.98. The number of aliphatic imine (C=N–C) groups is 1. The molecule has 0 spiro atoms. The summed E-state index contributed by atoms with van der Waals surface area (Å²) in [6, 6.07) is 22.3. The van der Waals surface area contributed by atoms with Crippen LogP contribution in [0.5, 0.6) is 5.75 Å². The van der Waals surface area contributed by atoms with Gasteiger partial charge < -0.3 is 4.74 Å². The maximum Gasteiger partial charge on any atom is 0.271 e. The fraction of sp³-hybridized carbons (Fsp3) is 0.0968. The van der Waals surface area contributed by atoms with Crippen LogP contribution in [0, 0.1) is 19.7 Å². The molecule has 1 heterocycles. The summed E-state index contributed by atoms with van der Waals surface area (Å²) in [6.07, 6.45) is 1.70. The Morgan fingerprint density at radius 1 is 0.925 bits per heavy atom. The number of carbonyl (C=O) groups is 1. The van der Waals surface area contributed by atoms with Crippen molar-refractivity contribution >= 4 is 75.1 Å². The van der Waals surface area contributed by atoms with Gasteiger partial charge in [-0.1, -0.05) is 65.1 Å². The largest absolute Gasteiger partial charge is 0.488 e. The molecule has 1 aliphatic rings. The van der Waals surface area contributed by atoms with Gasteiger partial charge in [0.15, 0.2) is 5.17 Å². The molecule has 202 valence electrons. The number of benzene rings is 4. The molecule has 1 amide bonds. The van der Waals surface area contributed by atoms with Crippen molar-refractivity contribution in [2.45, 2.75) is 20.5 Å². The molecule has 9 heteroatoms. The lowest BCUT2D eigenvalue weighted by Gasteiger charge is -2.16. The van der Waals surface area contributed by atoms with Crippen molar-refractivity contribution in [3.63, 3.8) is 0 Å². The van der Waals surface area contributed by atoms with Crippen LogP contribution in [-0.2, 0) is 11.4 Å². The molecule has 4 aromatic carbocycles. The topological polar surface area (TPSA) is 41.9 Å². The van der Waals surface area contributed by atoms with Gasteiger partial charge in [-0.15, -0.1) is 0 Å². The summed E-state index contributed by atoms with van der Waals surface area (Å²) >= 11 is 20.3. The molecule has 0 aliphatic carbocycles. The smallest absolute Gasteiger partial charge is 0.271 e. The molecular formula is C31H22Cl3FN2O2S. The second-order valence-corrected chi connectivity index (χ2v) is 11.3. The quantitative estimate of drug-likeness (QED) is 0.204. The number of amidine groups is 1. The van der Waals surface area contributed by atoms with Crippen LogP contribution >= 0.6 is 46.6 Å². The number of hydrogen-bond acceptors (Lipinski definition) is 4. The molecule has 1 aliphatic heterocycles. The van der Waals surface area contributed by atoms with Gasteiger partial charge in [0.2, 0.25) is 0 Å². The van der Waals surface area contributed by atoms with Crippen LogP contribution in [0.3, 0.4) is 0 Å². The number of thioether (sulfide) groups is 1. The van der Waals surface area contributed by atoms with E-state index >= 15 is 0 Å². The summed E-state index contributed by atoms with van der Waals surface area (Å²) < 4.78 is 20.1. The van der Waals surface area contributed by atoms with Crippen molar-refractivity contribution in [2.24, 2.45) is 4.99 Å². The molecule has 40 heavy (non-hydrogen) atoms. The first-order chi connectivity index (χ1) is 19.2. The molecular weight excluding hydrogens is 590 g/mol. The molecule has 4 aromatic rings. The van der Waals surface area contributed by atoms with Gasteiger partial charge in [0.05, 0.1) is 16.3 Å². The summed E-state index contributed by atoms with van der Waals surface area (Å²) in [5.74, 6) is -0.196. The van der Waals surface area contributed by atoms with Gasteiger partial charge in [-0.2, -0.15) is 0 Å². The molecule has 0 N–H and O–H groups in total. The number of carbonyl (C=O) groups excluding carboxylic acids is 1.